The highest BCUT2D eigenvalue weighted by Gasteiger charge is 2.17. The zero-order valence-corrected chi connectivity index (χ0v) is 17.7. The number of fused-ring (bicyclic) bond motifs is 1. The van der Waals surface area contributed by atoms with Crippen LogP contribution in [0.2, 0.25) is 0 Å². The zero-order valence-electron chi connectivity index (χ0n) is 16.8. The molecule has 7 heteroatoms. The van der Waals surface area contributed by atoms with Gasteiger partial charge < -0.3 is 10.1 Å². The second-order valence-electron chi connectivity index (χ2n) is 6.61. The van der Waals surface area contributed by atoms with Crippen LogP contribution >= 0.6 is 11.8 Å². The molecule has 0 bridgehead atoms. The van der Waals surface area contributed by atoms with Crippen LogP contribution < -0.4 is 15.6 Å². The van der Waals surface area contributed by atoms with Gasteiger partial charge >= 0.3 is 0 Å². The maximum atomic E-state index is 13.0. The highest BCUT2D eigenvalue weighted by Crippen LogP contribution is 2.25. The lowest BCUT2D eigenvalue weighted by Crippen LogP contribution is -2.26. The minimum absolute atomic E-state index is 0.0103. The summed E-state index contributed by atoms with van der Waals surface area (Å²) >= 11 is 1.27. The second kappa shape index (κ2) is 9.60. The predicted octanol–water partition coefficient (Wildman–Crippen LogP) is 4.50. The number of rotatable bonds is 8. The molecule has 0 unspecified atom stereocenters. The number of ether oxygens (including phenoxy) is 1. The van der Waals surface area contributed by atoms with Crippen LogP contribution in [0.15, 0.2) is 58.5 Å². The molecule has 0 fully saturated rings. The third-order valence-corrected chi connectivity index (χ3v) is 5.55. The first-order chi connectivity index (χ1) is 14.0. The number of anilines is 1. The Labute approximate surface area is 174 Å². The van der Waals surface area contributed by atoms with E-state index in [1.807, 2.05) is 57.2 Å². The highest BCUT2D eigenvalue weighted by molar-refractivity contribution is 7.99. The molecule has 6 nitrogen and oxygen atoms in total. The number of para-hydroxylation sites is 3. The van der Waals surface area contributed by atoms with Crippen molar-refractivity contribution in [3.05, 3.63) is 58.9 Å². The molecule has 0 aliphatic rings. The number of amides is 1. The van der Waals surface area contributed by atoms with Gasteiger partial charge in [-0.05, 0) is 44.5 Å². The molecule has 0 aliphatic heterocycles. The van der Waals surface area contributed by atoms with Crippen molar-refractivity contribution < 1.29 is 9.53 Å². The van der Waals surface area contributed by atoms with E-state index in [2.05, 4.69) is 10.3 Å². The molecule has 1 aromatic heterocycles. The van der Waals surface area contributed by atoms with Crippen LogP contribution in [0.25, 0.3) is 10.9 Å². The van der Waals surface area contributed by atoms with E-state index in [0.717, 1.165) is 6.42 Å². The Balaban J connectivity index is 1.83. The molecule has 0 aliphatic carbocycles. The zero-order chi connectivity index (χ0) is 20.8. The lowest BCUT2D eigenvalue weighted by molar-refractivity contribution is -0.113. The standard InChI is InChI=1S/C22H25N3O3S/c1-4-15(3)25-21(27)16-10-6-7-11-17(16)24-22(25)29-14-20(26)23-18-12-8-9-13-19(18)28-5-2/h6-13,15H,4-5,14H2,1-3H3,(H,23,26)/t15-/m1/s1. The minimum atomic E-state index is -0.180. The van der Waals surface area contributed by atoms with Crippen molar-refractivity contribution in [2.75, 3.05) is 17.7 Å². The number of carbonyl (C=O) groups excluding carboxylic acids is 1. The van der Waals surface area contributed by atoms with E-state index in [4.69, 9.17) is 4.74 Å². The van der Waals surface area contributed by atoms with E-state index in [0.29, 0.717) is 34.1 Å². The third kappa shape index (κ3) is 4.79. The monoisotopic (exact) mass is 411 g/mol. The first-order valence-electron chi connectivity index (χ1n) is 9.70. The van der Waals surface area contributed by atoms with Crippen LogP contribution in [0.4, 0.5) is 5.69 Å². The van der Waals surface area contributed by atoms with E-state index >= 15 is 0 Å². The van der Waals surface area contributed by atoms with Crippen molar-refractivity contribution >= 4 is 34.3 Å². The Hall–Kier alpha value is -2.80. The number of thioether (sulfide) groups is 1. The number of nitrogens with one attached hydrogen (secondary N) is 1. The van der Waals surface area contributed by atoms with Crippen LogP contribution in [-0.2, 0) is 4.79 Å². The molecule has 2 aromatic carbocycles. The van der Waals surface area contributed by atoms with Crippen molar-refractivity contribution in [1.82, 2.24) is 9.55 Å². The summed E-state index contributed by atoms with van der Waals surface area (Å²) in [7, 11) is 0. The molecule has 0 saturated carbocycles. The summed E-state index contributed by atoms with van der Waals surface area (Å²) in [5, 5.41) is 4.02. The lowest BCUT2D eigenvalue weighted by Gasteiger charge is -2.18. The molecular formula is C22H25N3O3S. The van der Waals surface area contributed by atoms with E-state index < -0.39 is 0 Å². The maximum absolute atomic E-state index is 13.0. The summed E-state index contributed by atoms with van der Waals surface area (Å²) in [5.41, 5.74) is 1.20. The summed E-state index contributed by atoms with van der Waals surface area (Å²) in [6.45, 7) is 6.43. The Kier molecular flexibility index (Phi) is 6.93. The molecule has 0 saturated heterocycles. The van der Waals surface area contributed by atoms with Crippen LogP contribution in [0.5, 0.6) is 5.75 Å². The van der Waals surface area contributed by atoms with Crippen molar-refractivity contribution in [2.24, 2.45) is 0 Å². The van der Waals surface area contributed by atoms with E-state index in [1.165, 1.54) is 11.8 Å². The Morgan fingerprint density at radius 2 is 1.90 bits per heavy atom. The minimum Gasteiger partial charge on any atom is -0.492 e. The lowest BCUT2D eigenvalue weighted by atomic mass is 10.2. The summed E-state index contributed by atoms with van der Waals surface area (Å²) < 4.78 is 7.24. The van der Waals surface area contributed by atoms with Gasteiger partial charge in [0.15, 0.2) is 5.16 Å². The van der Waals surface area contributed by atoms with E-state index in [9.17, 15) is 9.59 Å². The summed E-state index contributed by atoms with van der Waals surface area (Å²) in [5.74, 6) is 0.593. The second-order valence-corrected chi connectivity index (χ2v) is 7.55. The summed E-state index contributed by atoms with van der Waals surface area (Å²) in [6.07, 6.45) is 0.793. The summed E-state index contributed by atoms with van der Waals surface area (Å²) in [6, 6.07) is 14.6. The van der Waals surface area contributed by atoms with Gasteiger partial charge in [-0.25, -0.2) is 4.98 Å². The molecule has 3 rings (SSSR count). The van der Waals surface area contributed by atoms with Gasteiger partial charge in [-0.2, -0.15) is 0 Å². The number of aromatic nitrogens is 2. The molecule has 0 radical (unpaired) electrons. The average Bonchev–Trinajstić information content (AvgIpc) is 2.73. The quantitative estimate of drug-likeness (QED) is 0.436. The molecule has 1 amide bonds. The Morgan fingerprint density at radius 3 is 2.66 bits per heavy atom. The van der Waals surface area contributed by atoms with Gasteiger partial charge in [0.05, 0.1) is 29.0 Å². The topological polar surface area (TPSA) is 73.2 Å². The molecule has 0 spiro atoms. The van der Waals surface area contributed by atoms with Gasteiger partial charge in [-0.3, -0.25) is 14.2 Å². The summed E-state index contributed by atoms with van der Waals surface area (Å²) in [4.78, 5) is 30.2. The SMILES string of the molecule is CCOc1ccccc1NC(=O)CSc1nc2ccccc2c(=O)n1[C@H](C)CC. The first-order valence-corrected chi connectivity index (χ1v) is 10.7. The predicted molar refractivity (Wildman–Crippen MR) is 118 cm³/mol. The van der Waals surface area contributed by atoms with Gasteiger partial charge in [0, 0.05) is 6.04 Å². The van der Waals surface area contributed by atoms with Crippen molar-refractivity contribution in [3.8, 4) is 5.75 Å². The van der Waals surface area contributed by atoms with Crippen molar-refractivity contribution in [1.29, 1.82) is 0 Å². The van der Waals surface area contributed by atoms with E-state index in [1.54, 1.807) is 16.7 Å². The molecule has 152 valence electrons. The number of benzene rings is 2. The van der Waals surface area contributed by atoms with Crippen molar-refractivity contribution in [3.63, 3.8) is 0 Å². The number of carbonyl (C=O) groups is 1. The molecule has 3 aromatic rings. The smallest absolute Gasteiger partial charge is 0.262 e. The van der Waals surface area contributed by atoms with Crippen LogP contribution in [0, 0.1) is 0 Å². The largest absolute Gasteiger partial charge is 0.492 e. The number of nitrogens with zero attached hydrogens (tertiary/aromatic N) is 2. The molecule has 1 heterocycles. The van der Waals surface area contributed by atoms with Gasteiger partial charge in [0.1, 0.15) is 5.75 Å². The van der Waals surface area contributed by atoms with Gasteiger partial charge in [-0.15, -0.1) is 0 Å². The molecule has 1 atom stereocenters. The third-order valence-electron chi connectivity index (χ3n) is 4.60. The van der Waals surface area contributed by atoms with Crippen LogP contribution in [-0.4, -0.2) is 27.8 Å². The van der Waals surface area contributed by atoms with Crippen LogP contribution in [0.3, 0.4) is 0 Å². The Bertz CT molecular complexity index is 1060. The number of hydrogen-bond acceptors (Lipinski definition) is 5. The van der Waals surface area contributed by atoms with E-state index in [-0.39, 0.29) is 23.3 Å². The number of hydrogen-bond donors (Lipinski definition) is 1. The Morgan fingerprint density at radius 1 is 1.17 bits per heavy atom. The fourth-order valence-electron chi connectivity index (χ4n) is 2.97. The maximum Gasteiger partial charge on any atom is 0.262 e. The first kappa shape index (κ1) is 20.9. The van der Waals surface area contributed by atoms with Gasteiger partial charge in [-0.1, -0.05) is 43.0 Å². The van der Waals surface area contributed by atoms with Gasteiger partial charge in [0.2, 0.25) is 5.91 Å². The highest BCUT2D eigenvalue weighted by atomic mass is 32.2. The molecule has 29 heavy (non-hydrogen) atoms. The van der Waals surface area contributed by atoms with Crippen molar-refractivity contribution in [2.45, 2.75) is 38.4 Å². The average molecular weight is 412 g/mol. The van der Waals surface area contributed by atoms with Gasteiger partial charge in [0.25, 0.3) is 5.56 Å². The fraction of sp³-hybridized carbons (Fsp3) is 0.318. The molecular weight excluding hydrogens is 386 g/mol. The molecule has 1 N–H and O–H groups in total. The van der Waals surface area contributed by atoms with Crippen LogP contribution in [0.1, 0.15) is 33.2 Å². The fourth-order valence-corrected chi connectivity index (χ4v) is 3.86. The normalized spacial score (nSPS) is 12.0.